The summed E-state index contributed by atoms with van der Waals surface area (Å²) in [6.45, 7) is 3.02. The Kier molecular flexibility index (Phi) is 3.69. The van der Waals surface area contributed by atoms with E-state index in [9.17, 15) is 18.6 Å². The van der Waals surface area contributed by atoms with Crippen LogP contribution >= 0.6 is 0 Å². The van der Waals surface area contributed by atoms with E-state index in [2.05, 4.69) is 0 Å². The molecule has 0 heterocycles. The van der Waals surface area contributed by atoms with Gasteiger partial charge in [-0.25, -0.2) is 13.6 Å². The van der Waals surface area contributed by atoms with Gasteiger partial charge in [0.2, 0.25) is 10.0 Å². The number of hydrogen-bond donors (Lipinski definition) is 3. The Morgan fingerprint density at radius 2 is 1.44 bits per heavy atom. The van der Waals surface area contributed by atoms with Gasteiger partial charge in [0.1, 0.15) is 0 Å². The number of benzene rings is 1. The summed E-state index contributed by atoms with van der Waals surface area (Å²) < 4.78 is 22.4. The average molecular weight is 245 g/mol. The molecule has 0 radical (unpaired) electrons. The van der Waals surface area contributed by atoms with Crippen LogP contribution in [0.25, 0.3) is 0 Å². The SMILES string of the molecule is CC(O)c1cc(C(C)O)cc(S(N)(=O)=O)c1. The van der Waals surface area contributed by atoms with E-state index in [0.29, 0.717) is 11.1 Å². The van der Waals surface area contributed by atoms with Gasteiger partial charge in [0.05, 0.1) is 17.1 Å². The molecule has 16 heavy (non-hydrogen) atoms. The fourth-order valence-corrected chi connectivity index (χ4v) is 1.89. The van der Waals surface area contributed by atoms with E-state index in [1.807, 2.05) is 0 Å². The second kappa shape index (κ2) is 4.50. The predicted molar refractivity (Wildman–Crippen MR) is 59.1 cm³/mol. The van der Waals surface area contributed by atoms with Crippen molar-refractivity contribution in [2.45, 2.75) is 31.0 Å². The first-order valence-electron chi connectivity index (χ1n) is 4.75. The van der Waals surface area contributed by atoms with Gasteiger partial charge in [-0.05, 0) is 37.1 Å². The molecule has 6 heteroatoms. The standard InChI is InChI=1S/C10H15NO4S/c1-6(12)8-3-9(7(2)13)5-10(4-8)16(11,14)15/h3-7,12-13H,1-2H3,(H2,11,14,15). The minimum absolute atomic E-state index is 0.109. The zero-order valence-corrected chi connectivity index (χ0v) is 9.90. The molecule has 0 saturated heterocycles. The number of sulfonamides is 1. The number of hydrogen-bond acceptors (Lipinski definition) is 4. The molecule has 0 aliphatic heterocycles. The van der Waals surface area contributed by atoms with Crippen molar-refractivity contribution in [3.8, 4) is 0 Å². The molecule has 5 nitrogen and oxygen atoms in total. The van der Waals surface area contributed by atoms with Gasteiger partial charge in [-0.1, -0.05) is 6.07 Å². The van der Waals surface area contributed by atoms with Gasteiger partial charge in [0, 0.05) is 0 Å². The van der Waals surface area contributed by atoms with Crippen molar-refractivity contribution in [1.29, 1.82) is 0 Å². The molecular weight excluding hydrogens is 230 g/mol. The molecule has 0 saturated carbocycles. The first kappa shape index (κ1) is 13.1. The fraction of sp³-hybridized carbons (Fsp3) is 0.400. The highest BCUT2D eigenvalue weighted by molar-refractivity contribution is 7.89. The Morgan fingerprint density at radius 3 is 1.69 bits per heavy atom. The second-order valence-electron chi connectivity index (χ2n) is 3.73. The Labute approximate surface area is 94.6 Å². The van der Waals surface area contributed by atoms with Crippen LogP contribution in [0.3, 0.4) is 0 Å². The van der Waals surface area contributed by atoms with Gasteiger partial charge in [0.15, 0.2) is 0 Å². The number of aliphatic hydroxyl groups is 2. The highest BCUT2D eigenvalue weighted by Crippen LogP contribution is 2.23. The molecule has 0 aliphatic rings. The lowest BCUT2D eigenvalue weighted by atomic mass is 10.0. The van der Waals surface area contributed by atoms with Gasteiger partial charge in [-0.2, -0.15) is 0 Å². The minimum Gasteiger partial charge on any atom is -0.389 e. The summed E-state index contributed by atoms with van der Waals surface area (Å²) in [6.07, 6.45) is -1.64. The van der Waals surface area contributed by atoms with Crippen LogP contribution in [0.4, 0.5) is 0 Å². The van der Waals surface area contributed by atoms with E-state index < -0.39 is 22.2 Å². The summed E-state index contributed by atoms with van der Waals surface area (Å²) in [7, 11) is -3.84. The summed E-state index contributed by atoms with van der Waals surface area (Å²) in [5.41, 5.74) is 0.810. The normalized spacial score (nSPS) is 15.8. The molecule has 2 unspecified atom stereocenters. The zero-order chi connectivity index (χ0) is 12.5. The highest BCUT2D eigenvalue weighted by Gasteiger charge is 2.14. The van der Waals surface area contributed by atoms with Crippen LogP contribution in [0.1, 0.15) is 37.2 Å². The Bertz CT molecular complexity index is 453. The Hall–Kier alpha value is -0.950. The molecule has 4 N–H and O–H groups in total. The quantitative estimate of drug-likeness (QED) is 0.719. The number of rotatable bonds is 3. The lowest BCUT2D eigenvalue weighted by Crippen LogP contribution is -2.13. The highest BCUT2D eigenvalue weighted by atomic mass is 32.2. The lowest BCUT2D eigenvalue weighted by Gasteiger charge is -2.12. The van der Waals surface area contributed by atoms with Gasteiger partial charge in [0.25, 0.3) is 0 Å². The van der Waals surface area contributed by atoms with Crippen molar-refractivity contribution in [3.05, 3.63) is 29.3 Å². The lowest BCUT2D eigenvalue weighted by molar-refractivity contribution is 0.192. The summed E-state index contributed by atoms with van der Waals surface area (Å²) in [6, 6.07) is 4.14. The van der Waals surface area contributed by atoms with Crippen molar-refractivity contribution in [3.63, 3.8) is 0 Å². The van der Waals surface area contributed by atoms with Crippen molar-refractivity contribution in [2.75, 3.05) is 0 Å². The van der Waals surface area contributed by atoms with Crippen molar-refractivity contribution < 1.29 is 18.6 Å². The summed E-state index contributed by atoms with van der Waals surface area (Å²) in [5, 5.41) is 23.8. The summed E-state index contributed by atoms with van der Waals surface area (Å²) in [5.74, 6) is 0. The number of primary sulfonamides is 1. The molecule has 0 amide bonds. The van der Waals surface area contributed by atoms with E-state index >= 15 is 0 Å². The van der Waals surface area contributed by atoms with E-state index in [-0.39, 0.29) is 4.90 Å². The summed E-state index contributed by atoms with van der Waals surface area (Å²) >= 11 is 0. The first-order valence-corrected chi connectivity index (χ1v) is 6.30. The van der Waals surface area contributed by atoms with E-state index in [4.69, 9.17) is 5.14 Å². The number of aliphatic hydroxyl groups excluding tert-OH is 2. The Morgan fingerprint density at radius 1 is 1.06 bits per heavy atom. The molecule has 90 valence electrons. The molecule has 0 spiro atoms. The smallest absolute Gasteiger partial charge is 0.238 e. The third-order valence-corrected chi connectivity index (χ3v) is 3.14. The second-order valence-corrected chi connectivity index (χ2v) is 5.29. The van der Waals surface area contributed by atoms with Crippen LogP contribution in [0.15, 0.2) is 23.1 Å². The maximum Gasteiger partial charge on any atom is 0.238 e. The van der Waals surface area contributed by atoms with Crippen LogP contribution in [0.5, 0.6) is 0 Å². The molecule has 0 bridgehead atoms. The first-order chi connectivity index (χ1) is 7.21. The minimum atomic E-state index is -3.84. The molecule has 1 rings (SSSR count). The third kappa shape index (κ3) is 3.02. The number of nitrogens with two attached hydrogens (primary N) is 1. The molecule has 0 aromatic heterocycles. The fourth-order valence-electron chi connectivity index (χ4n) is 1.29. The largest absolute Gasteiger partial charge is 0.389 e. The van der Waals surface area contributed by atoms with E-state index in [1.54, 1.807) is 6.07 Å². The molecule has 2 atom stereocenters. The van der Waals surface area contributed by atoms with Crippen LogP contribution in [-0.4, -0.2) is 18.6 Å². The Balaban J connectivity index is 3.42. The van der Waals surface area contributed by atoms with Gasteiger partial charge >= 0.3 is 0 Å². The molecule has 0 fully saturated rings. The van der Waals surface area contributed by atoms with Gasteiger partial charge < -0.3 is 10.2 Å². The van der Waals surface area contributed by atoms with Crippen LogP contribution in [0, 0.1) is 0 Å². The van der Waals surface area contributed by atoms with Crippen LogP contribution in [-0.2, 0) is 10.0 Å². The molecular formula is C10H15NO4S. The van der Waals surface area contributed by atoms with Crippen LogP contribution in [0.2, 0.25) is 0 Å². The maximum absolute atomic E-state index is 11.2. The molecule has 1 aromatic rings. The van der Waals surface area contributed by atoms with Crippen molar-refractivity contribution in [2.24, 2.45) is 5.14 Å². The van der Waals surface area contributed by atoms with Crippen molar-refractivity contribution >= 4 is 10.0 Å². The van der Waals surface area contributed by atoms with Crippen molar-refractivity contribution in [1.82, 2.24) is 0 Å². The van der Waals surface area contributed by atoms with Crippen LogP contribution < -0.4 is 5.14 Å². The zero-order valence-electron chi connectivity index (χ0n) is 9.08. The predicted octanol–water partition coefficient (Wildman–Crippen LogP) is 0.441. The maximum atomic E-state index is 11.2. The van der Waals surface area contributed by atoms with Gasteiger partial charge in [-0.15, -0.1) is 0 Å². The van der Waals surface area contributed by atoms with E-state index in [0.717, 1.165) is 0 Å². The average Bonchev–Trinajstić information content (AvgIpc) is 2.15. The van der Waals surface area contributed by atoms with Gasteiger partial charge in [-0.3, -0.25) is 0 Å². The third-order valence-electron chi connectivity index (χ3n) is 2.24. The molecule has 0 aliphatic carbocycles. The summed E-state index contributed by atoms with van der Waals surface area (Å²) in [4.78, 5) is -0.109. The topological polar surface area (TPSA) is 101 Å². The van der Waals surface area contributed by atoms with E-state index in [1.165, 1.54) is 26.0 Å². The monoisotopic (exact) mass is 245 g/mol. The molecule has 1 aromatic carbocycles.